The number of amides is 1. The number of benzene rings is 1. The van der Waals surface area contributed by atoms with Crippen molar-refractivity contribution in [2.24, 2.45) is 0 Å². The van der Waals surface area contributed by atoms with Crippen LogP contribution in [0.3, 0.4) is 0 Å². The van der Waals surface area contributed by atoms with Gasteiger partial charge in [0.15, 0.2) is 0 Å². The Labute approximate surface area is 143 Å². The minimum absolute atomic E-state index is 0.126. The molecule has 0 radical (unpaired) electrons. The molecule has 1 unspecified atom stereocenters. The molecule has 0 saturated heterocycles. The van der Waals surface area contributed by atoms with Gasteiger partial charge in [-0.1, -0.05) is 24.3 Å². The minimum Gasteiger partial charge on any atom is -0.480 e. The van der Waals surface area contributed by atoms with Crippen molar-refractivity contribution in [3.05, 3.63) is 35.4 Å². The highest BCUT2D eigenvalue weighted by molar-refractivity contribution is 5.84. The van der Waals surface area contributed by atoms with Crippen LogP contribution in [-0.2, 0) is 32.1 Å². The van der Waals surface area contributed by atoms with Crippen LogP contribution in [0.2, 0.25) is 0 Å². The molecule has 0 heterocycles. The fraction of sp³-hybridized carbons (Fsp3) is 0.556. The van der Waals surface area contributed by atoms with E-state index >= 15 is 0 Å². The Morgan fingerprint density at radius 1 is 1.25 bits per heavy atom. The fourth-order valence-corrected chi connectivity index (χ4v) is 2.17. The quantitative estimate of drug-likeness (QED) is 0.721. The molecule has 1 rings (SSSR count). The number of hydrogen-bond donors (Lipinski definition) is 2. The lowest BCUT2D eigenvalue weighted by atomic mass is 10.1. The number of carbonyl (C=O) groups is 2. The fourth-order valence-electron chi connectivity index (χ4n) is 2.17. The smallest absolute Gasteiger partial charge is 0.326 e. The first-order valence-electron chi connectivity index (χ1n) is 7.94. The van der Waals surface area contributed by atoms with Gasteiger partial charge in [0.25, 0.3) is 0 Å². The van der Waals surface area contributed by atoms with Crippen LogP contribution in [0.4, 0.5) is 0 Å². The van der Waals surface area contributed by atoms with Gasteiger partial charge in [0, 0.05) is 20.1 Å². The molecule has 24 heavy (non-hydrogen) atoms. The Balaban J connectivity index is 2.56. The first kappa shape index (κ1) is 20.1. The van der Waals surface area contributed by atoms with Gasteiger partial charge in [-0.2, -0.15) is 0 Å². The number of carbonyl (C=O) groups excluding carboxylic acids is 1. The van der Waals surface area contributed by atoms with Gasteiger partial charge >= 0.3 is 5.97 Å². The SMILES string of the molecule is COCc1cccc(CC(=O)NC(CCOC(C)(C)C)C(=O)O)c1. The highest BCUT2D eigenvalue weighted by Crippen LogP contribution is 2.09. The summed E-state index contributed by atoms with van der Waals surface area (Å²) >= 11 is 0. The molecule has 0 aliphatic carbocycles. The summed E-state index contributed by atoms with van der Waals surface area (Å²) < 4.78 is 10.6. The first-order chi connectivity index (χ1) is 11.2. The maximum atomic E-state index is 12.1. The van der Waals surface area contributed by atoms with E-state index in [4.69, 9.17) is 9.47 Å². The summed E-state index contributed by atoms with van der Waals surface area (Å²) in [6, 6.07) is 6.51. The van der Waals surface area contributed by atoms with Gasteiger partial charge in [-0.15, -0.1) is 0 Å². The summed E-state index contributed by atoms with van der Waals surface area (Å²) in [4.78, 5) is 23.4. The molecule has 1 amide bonds. The molecule has 0 spiro atoms. The van der Waals surface area contributed by atoms with E-state index in [9.17, 15) is 14.7 Å². The molecule has 6 heteroatoms. The molecule has 6 nitrogen and oxygen atoms in total. The Kier molecular flexibility index (Phi) is 7.88. The molecule has 0 aliphatic rings. The Hall–Kier alpha value is -1.92. The second-order valence-corrected chi connectivity index (χ2v) is 6.64. The largest absolute Gasteiger partial charge is 0.480 e. The average molecular weight is 337 g/mol. The Morgan fingerprint density at radius 3 is 2.50 bits per heavy atom. The number of aliphatic carboxylic acids is 1. The van der Waals surface area contributed by atoms with Crippen molar-refractivity contribution in [3.8, 4) is 0 Å². The summed E-state index contributed by atoms with van der Waals surface area (Å²) in [5, 5.41) is 11.8. The van der Waals surface area contributed by atoms with Gasteiger partial charge in [0.2, 0.25) is 5.91 Å². The minimum atomic E-state index is -1.06. The second kappa shape index (κ2) is 9.39. The zero-order valence-corrected chi connectivity index (χ0v) is 14.8. The van der Waals surface area contributed by atoms with Crippen LogP contribution >= 0.6 is 0 Å². The lowest BCUT2D eigenvalue weighted by Crippen LogP contribution is -2.42. The molecule has 0 aliphatic heterocycles. The van der Waals surface area contributed by atoms with Gasteiger partial charge in [-0.05, 0) is 31.9 Å². The Morgan fingerprint density at radius 2 is 1.92 bits per heavy atom. The zero-order chi connectivity index (χ0) is 18.2. The molecule has 1 aromatic carbocycles. The lowest BCUT2D eigenvalue weighted by molar-refractivity contribution is -0.142. The zero-order valence-electron chi connectivity index (χ0n) is 14.8. The number of carboxylic acids is 1. The summed E-state index contributed by atoms with van der Waals surface area (Å²) in [6.45, 7) is 6.43. The summed E-state index contributed by atoms with van der Waals surface area (Å²) in [5.41, 5.74) is 1.45. The predicted octanol–water partition coefficient (Wildman–Crippen LogP) is 2.15. The molecule has 1 aromatic rings. The van der Waals surface area contributed by atoms with Crippen LogP contribution in [0.15, 0.2) is 24.3 Å². The third-order valence-electron chi connectivity index (χ3n) is 3.24. The molecule has 0 bridgehead atoms. The molecule has 1 atom stereocenters. The van der Waals surface area contributed by atoms with Gasteiger partial charge in [-0.3, -0.25) is 4.79 Å². The number of methoxy groups -OCH3 is 1. The topological polar surface area (TPSA) is 84.9 Å². The predicted molar refractivity (Wildman–Crippen MR) is 90.7 cm³/mol. The van der Waals surface area contributed by atoms with Crippen LogP contribution in [0.5, 0.6) is 0 Å². The summed E-state index contributed by atoms with van der Waals surface area (Å²) in [6.07, 6.45) is 0.351. The van der Waals surface area contributed by atoms with E-state index in [-0.39, 0.29) is 31.0 Å². The van der Waals surface area contributed by atoms with Gasteiger partial charge in [0.1, 0.15) is 6.04 Å². The first-order valence-corrected chi connectivity index (χ1v) is 7.94. The van der Waals surface area contributed by atoms with Crippen molar-refractivity contribution in [3.63, 3.8) is 0 Å². The molecule has 0 saturated carbocycles. The highest BCUT2D eigenvalue weighted by Gasteiger charge is 2.21. The van der Waals surface area contributed by atoms with Crippen molar-refractivity contribution >= 4 is 11.9 Å². The monoisotopic (exact) mass is 337 g/mol. The third-order valence-corrected chi connectivity index (χ3v) is 3.24. The van der Waals surface area contributed by atoms with Crippen LogP contribution in [0, 0.1) is 0 Å². The normalized spacial score (nSPS) is 12.7. The van der Waals surface area contributed by atoms with Gasteiger partial charge in [-0.25, -0.2) is 4.79 Å². The van der Waals surface area contributed by atoms with Crippen LogP contribution in [0.25, 0.3) is 0 Å². The van der Waals surface area contributed by atoms with E-state index < -0.39 is 12.0 Å². The standard InChI is InChI=1S/C18H27NO5/c1-18(2,3)24-9-8-15(17(21)22)19-16(20)11-13-6-5-7-14(10-13)12-23-4/h5-7,10,15H,8-9,11-12H2,1-4H3,(H,19,20)(H,21,22). The van der Waals surface area contributed by atoms with Crippen molar-refractivity contribution in [1.82, 2.24) is 5.32 Å². The summed E-state index contributed by atoms with van der Waals surface area (Å²) in [5.74, 6) is -1.39. The Bertz CT molecular complexity index is 551. The second-order valence-electron chi connectivity index (χ2n) is 6.64. The maximum Gasteiger partial charge on any atom is 0.326 e. The number of carboxylic acid groups (broad SMARTS) is 1. The van der Waals surface area contributed by atoms with Crippen LogP contribution < -0.4 is 5.32 Å². The van der Waals surface area contributed by atoms with Crippen molar-refractivity contribution in [2.75, 3.05) is 13.7 Å². The average Bonchev–Trinajstić information content (AvgIpc) is 2.45. The highest BCUT2D eigenvalue weighted by atomic mass is 16.5. The number of rotatable bonds is 9. The summed E-state index contributed by atoms with van der Waals surface area (Å²) in [7, 11) is 1.61. The van der Waals surface area contributed by atoms with Crippen molar-refractivity contribution in [2.45, 2.75) is 51.9 Å². The third kappa shape index (κ3) is 8.08. The maximum absolute atomic E-state index is 12.1. The number of hydrogen-bond acceptors (Lipinski definition) is 4. The number of ether oxygens (including phenoxy) is 2. The van der Waals surface area contributed by atoms with E-state index in [1.807, 2.05) is 45.0 Å². The van der Waals surface area contributed by atoms with Gasteiger partial charge < -0.3 is 19.9 Å². The molecular formula is C18H27NO5. The molecule has 0 fully saturated rings. The van der Waals surface area contributed by atoms with E-state index in [1.165, 1.54) is 0 Å². The van der Waals surface area contributed by atoms with E-state index in [0.717, 1.165) is 11.1 Å². The lowest BCUT2D eigenvalue weighted by Gasteiger charge is -2.21. The van der Waals surface area contributed by atoms with Gasteiger partial charge in [0.05, 0.1) is 18.6 Å². The number of nitrogens with one attached hydrogen (secondary N) is 1. The van der Waals surface area contributed by atoms with E-state index in [0.29, 0.717) is 6.61 Å². The van der Waals surface area contributed by atoms with Crippen LogP contribution in [0.1, 0.15) is 38.3 Å². The van der Waals surface area contributed by atoms with E-state index in [1.54, 1.807) is 7.11 Å². The van der Waals surface area contributed by atoms with E-state index in [2.05, 4.69) is 5.32 Å². The molecule has 0 aromatic heterocycles. The molecular weight excluding hydrogens is 310 g/mol. The van der Waals surface area contributed by atoms with Crippen molar-refractivity contribution in [1.29, 1.82) is 0 Å². The molecule has 2 N–H and O–H groups in total. The van der Waals surface area contributed by atoms with Crippen LogP contribution in [-0.4, -0.2) is 42.3 Å². The van der Waals surface area contributed by atoms with Crippen molar-refractivity contribution < 1.29 is 24.2 Å². The molecule has 134 valence electrons.